The van der Waals surface area contributed by atoms with E-state index in [1.54, 1.807) is 13.2 Å². The summed E-state index contributed by atoms with van der Waals surface area (Å²) in [7, 11) is 1.54. The van der Waals surface area contributed by atoms with Crippen LogP contribution in [-0.4, -0.2) is 29.3 Å². The molecule has 2 atom stereocenters. The van der Waals surface area contributed by atoms with E-state index in [2.05, 4.69) is 22.5 Å². The van der Waals surface area contributed by atoms with E-state index >= 15 is 0 Å². The molecule has 0 aromatic carbocycles. The van der Waals surface area contributed by atoms with Gasteiger partial charge in [0.1, 0.15) is 0 Å². The maximum atomic E-state index is 10.8. The van der Waals surface area contributed by atoms with Gasteiger partial charge in [-0.15, -0.1) is 0 Å². The topological polar surface area (TPSA) is 83.5 Å². The number of hydrogen-bond donors (Lipinski definition) is 3. The van der Waals surface area contributed by atoms with Crippen LogP contribution in [0.3, 0.4) is 0 Å². The zero-order valence-electron chi connectivity index (χ0n) is 10.4. The Labute approximate surface area is 105 Å². The van der Waals surface area contributed by atoms with Gasteiger partial charge in [-0.1, -0.05) is 6.92 Å². The first-order chi connectivity index (χ1) is 8.63. The Bertz CT molecular complexity index is 450. The van der Waals surface area contributed by atoms with Crippen molar-refractivity contribution in [3.05, 3.63) is 17.8 Å². The van der Waals surface area contributed by atoms with Crippen LogP contribution in [0.1, 0.15) is 31.5 Å². The first-order valence-corrected chi connectivity index (χ1v) is 5.95. The highest BCUT2D eigenvalue weighted by molar-refractivity contribution is 5.66. The summed E-state index contributed by atoms with van der Waals surface area (Å²) < 4.78 is 5.07. The largest absolute Gasteiger partial charge is 0.481 e. The average Bonchev–Trinajstić information content (AvgIpc) is 2.37. The first-order valence-electron chi connectivity index (χ1n) is 5.95. The number of pyridine rings is 1. The number of anilines is 1. The Morgan fingerprint density at radius 3 is 3.06 bits per heavy atom. The van der Waals surface area contributed by atoms with E-state index in [0.29, 0.717) is 18.0 Å². The second kappa shape index (κ2) is 5.12. The smallest absolute Gasteiger partial charge is 0.405 e. The number of methoxy groups -OCH3 is 1. The molecule has 1 aromatic heterocycles. The van der Waals surface area contributed by atoms with Gasteiger partial charge in [0.25, 0.3) is 0 Å². The maximum absolute atomic E-state index is 10.8. The van der Waals surface area contributed by atoms with E-state index in [1.807, 2.05) is 6.07 Å². The average molecular weight is 251 g/mol. The van der Waals surface area contributed by atoms with Gasteiger partial charge >= 0.3 is 6.09 Å². The van der Waals surface area contributed by atoms with E-state index in [1.165, 1.54) is 0 Å². The summed E-state index contributed by atoms with van der Waals surface area (Å²) in [5, 5.41) is 14.7. The molecule has 0 saturated heterocycles. The number of nitrogens with one attached hydrogen (secondary N) is 2. The predicted octanol–water partition coefficient (Wildman–Crippen LogP) is 1.99. The van der Waals surface area contributed by atoms with Crippen LogP contribution in [0.5, 0.6) is 5.88 Å². The molecular weight excluding hydrogens is 234 g/mol. The Morgan fingerprint density at radius 2 is 2.44 bits per heavy atom. The van der Waals surface area contributed by atoms with Gasteiger partial charge in [0.05, 0.1) is 24.5 Å². The summed E-state index contributed by atoms with van der Waals surface area (Å²) in [4.78, 5) is 15.2. The minimum Gasteiger partial charge on any atom is -0.481 e. The molecule has 0 fully saturated rings. The summed E-state index contributed by atoms with van der Waals surface area (Å²) in [6.07, 6.45) is 0.589. The molecule has 3 N–H and O–H groups in total. The van der Waals surface area contributed by atoms with E-state index in [4.69, 9.17) is 9.84 Å². The number of rotatable bonds is 3. The molecule has 0 saturated carbocycles. The van der Waals surface area contributed by atoms with Crippen LogP contribution in [-0.2, 0) is 0 Å². The van der Waals surface area contributed by atoms with Crippen molar-refractivity contribution in [2.75, 3.05) is 12.4 Å². The van der Waals surface area contributed by atoms with Crippen LogP contribution in [0.25, 0.3) is 0 Å². The zero-order valence-corrected chi connectivity index (χ0v) is 10.4. The lowest BCUT2D eigenvalue weighted by molar-refractivity contribution is 0.188. The SMILES string of the molecule is CC[C@@H]1C[C@H](NC(=O)O)c2nc(OC)ccc2N1. The molecule has 98 valence electrons. The number of ether oxygens (including phenoxy) is 1. The molecule has 0 aliphatic carbocycles. The van der Waals surface area contributed by atoms with Gasteiger partial charge in [-0.05, 0) is 18.9 Å². The highest BCUT2D eigenvalue weighted by Crippen LogP contribution is 2.33. The number of amides is 1. The molecule has 0 spiro atoms. The highest BCUT2D eigenvalue weighted by Gasteiger charge is 2.28. The molecule has 1 amide bonds. The molecule has 2 rings (SSSR count). The third kappa shape index (κ3) is 2.47. The fourth-order valence-electron chi connectivity index (χ4n) is 2.18. The van der Waals surface area contributed by atoms with Crippen LogP contribution < -0.4 is 15.4 Å². The number of aromatic nitrogens is 1. The molecule has 6 nitrogen and oxygen atoms in total. The van der Waals surface area contributed by atoms with Crippen LogP contribution in [0.15, 0.2) is 12.1 Å². The van der Waals surface area contributed by atoms with Gasteiger partial charge in [0.15, 0.2) is 0 Å². The van der Waals surface area contributed by atoms with Crippen molar-refractivity contribution in [1.29, 1.82) is 0 Å². The second-order valence-corrected chi connectivity index (χ2v) is 4.27. The standard InChI is InChI=1S/C12H17N3O3/c1-3-7-6-9(14-12(16)17)11-8(13-7)4-5-10(15-11)18-2/h4-5,7,9,13-14H,3,6H2,1-2H3,(H,16,17)/t7-,9+/m1/s1. The molecular formula is C12H17N3O3. The van der Waals surface area contributed by atoms with Crippen molar-refractivity contribution in [3.63, 3.8) is 0 Å². The Morgan fingerprint density at radius 1 is 1.67 bits per heavy atom. The quantitative estimate of drug-likeness (QED) is 0.765. The number of carbonyl (C=O) groups is 1. The van der Waals surface area contributed by atoms with Gasteiger partial charge < -0.3 is 20.5 Å². The number of carboxylic acid groups (broad SMARTS) is 1. The van der Waals surface area contributed by atoms with Gasteiger partial charge in [0, 0.05) is 12.1 Å². The van der Waals surface area contributed by atoms with Crippen molar-refractivity contribution >= 4 is 11.8 Å². The summed E-state index contributed by atoms with van der Waals surface area (Å²) in [6, 6.07) is 3.60. The second-order valence-electron chi connectivity index (χ2n) is 4.27. The van der Waals surface area contributed by atoms with E-state index < -0.39 is 6.09 Å². The van der Waals surface area contributed by atoms with E-state index in [0.717, 1.165) is 12.1 Å². The van der Waals surface area contributed by atoms with Crippen molar-refractivity contribution in [3.8, 4) is 5.88 Å². The van der Waals surface area contributed by atoms with Crippen LogP contribution >= 0.6 is 0 Å². The zero-order chi connectivity index (χ0) is 13.1. The number of nitrogens with zero attached hydrogens (tertiary/aromatic N) is 1. The van der Waals surface area contributed by atoms with Gasteiger partial charge in [-0.2, -0.15) is 0 Å². The fourth-order valence-corrected chi connectivity index (χ4v) is 2.18. The Hall–Kier alpha value is -1.98. The Balaban J connectivity index is 2.33. The molecule has 0 radical (unpaired) electrons. The monoisotopic (exact) mass is 251 g/mol. The van der Waals surface area contributed by atoms with Crippen molar-refractivity contribution in [2.45, 2.75) is 31.8 Å². The summed E-state index contributed by atoms with van der Waals surface area (Å²) in [5.74, 6) is 0.489. The number of hydrogen-bond acceptors (Lipinski definition) is 4. The molecule has 1 aliphatic rings. The van der Waals surface area contributed by atoms with Crippen LogP contribution in [0, 0.1) is 0 Å². The minimum absolute atomic E-state index is 0.254. The predicted molar refractivity (Wildman–Crippen MR) is 67.0 cm³/mol. The maximum Gasteiger partial charge on any atom is 0.405 e. The summed E-state index contributed by atoms with van der Waals surface area (Å²) in [6.45, 7) is 2.07. The normalized spacial score (nSPS) is 21.7. The van der Waals surface area contributed by atoms with E-state index in [9.17, 15) is 4.79 Å². The van der Waals surface area contributed by atoms with Gasteiger partial charge in [-0.25, -0.2) is 9.78 Å². The molecule has 18 heavy (non-hydrogen) atoms. The number of fused-ring (bicyclic) bond motifs is 1. The molecule has 2 heterocycles. The lowest BCUT2D eigenvalue weighted by Crippen LogP contribution is -2.37. The third-order valence-electron chi connectivity index (χ3n) is 3.11. The van der Waals surface area contributed by atoms with Crippen molar-refractivity contribution < 1.29 is 14.6 Å². The van der Waals surface area contributed by atoms with Crippen molar-refractivity contribution in [1.82, 2.24) is 10.3 Å². The summed E-state index contributed by atoms with van der Waals surface area (Å²) in [5.41, 5.74) is 1.56. The van der Waals surface area contributed by atoms with Crippen LogP contribution in [0.4, 0.5) is 10.5 Å². The summed E-state index contributed by atoms with van der Waals surface area (Å²) >= 11 is 0. The minimum atomic E-state index is -1.03. The lowest BCUT2D eigenvalue weighted by Gasteiger charge is -2.31. The highest BCUT2D eigenvalue weighted by atomic mass is 16.5. The van der Waals surface area contributed by atoms with Gasteiger partial charge in [-0.3, -0.25) is 0 Å². The fraction of sp³-hybridized carbons (Fsp3) is 0.500. The first kappa shape index (κ1) is 12.5. The van der Waals surface area contributed by atoms with Crippen molar-refractivity contribution in [2.24, 2.45) is 0 Å². The molecule has 1 aliphatic heterocycles. The Kier molecular flexibility index (Phi) is 3.55. The molecule has 0 bridgehead atoms. The lowest BCUT2D eigenvalue weighted by atomic mass is 9.96. The molecule has 6 heteroatoms. The van der Waals surface area contributed by atoms with Crippen LogP contribution in [0.2, 0.25) is 0 Å². The van der Waals surface area contributed by atoms with Gasteiger partial charge in [0.2, 0.25) is 5.88 Å². The molecule has 0 unspecified atom stereocenters. The third-order valence-corrected chi connectivity index (χ3v) is 3.11. The molecule has 1 aromatic rings. The van der Waals surface area contributed by atoms with E-state index in [-0.39, 0.29) is 12.1 Å².